The molecule has 1 nitrogen and oxygen atoms in total. The first kappa shape index (κ1) is 8.90. The number of rotatable bonds is 0. The van der Waals surface area contributed by atoms with Crippen molar-refractivity contribution in [3.63, 3.8) is 0 Å². The maximum atomic E-state index is 8.34. The first-order chi connectivity index (χ1) is 4.39. The van der Waals surface area contributed by atoms with Crippen LogP contribution < -0.4 is 0 Å². The van der Waals surface area contributed by atoms with Crippen LogP contribution in [0.4, 0.5) is 0 Å². The fourth-order valence-electron chi connectivity index (χ4n) is 0.534. The van der Waals surface area contributed by atoms with E-state index in [4.69, 9.17) is 2.81 Å². The average molecular weight is 199 g/mol. The van der Waals surface area contributed by atoms with E-state index in [1.807, 2.05) is 18.2 Å². The van der Waals surface area contributed by atoms with Crippen molar-refractivity contribution in [3.05, 3.63) is 35.9 Å². The van der Waals surface area contributed by atoms with Crippen molar-refractivity contribution in [1.82, 2.24) is 0 Å². The van der Waals surface area contributed by atoms with Crippen molar-refractivity contribution < 1.29 is 27.5 Å². The van der Waals surface area contributed by atoms with Crippen LogP contribution >= 0.6 is 0 Å². The third-order valence-electron chi connectivity index (χ3n) is 0.940. The molecule has 0 unspecified atom stereocenters. The van der Waals surface area contributed by atoms with Crippen molar-refractivity contribution >= 4 is 0 Å². The second kappa shape index (κ2) is 6.03. The van der Waals surface area contributed by atoms with Gasteiger partial charge in [0.1, 0.15) is 0 Å². The molecule has 0 saturated carbocycles. The second-order valence-electron chi connectivity index (χ2n) is 1.65. The van der Waals surface area contributed by atoms with Gasteiger partial charge in [0.15, 0.2) is 0 Å². The number of hydrogen-bond donors (Lipinski definition) is 0. The molecule has 1 rings (SSSR count). The molecule has 9 heavy (non-hydrogen) atoms. The van der Waals surface area contributed by atoms with Gasteiger partial charge in [-0.1, -0.05) is 35.9 Å². The van der Waals surface area contributed by atoms with E-state index in [9.17, 15) is 0 Å². The summed E-state index contributed by atoms with van der Waals surface area (Å²) in [5.41, 5.74) is 1.32. The van der Waals surface area contributed by atoms with Crippen LogP contribution in [-0.4, -0.2) is 0 Å². The van der Waals surface area contributed by atoms with Gasteiger partial charge < -0.3 is 0 Å². The summed E-state index contributed by atoms with van der Waals surface area (Å²) in [5.74, 6) is 0. The minimum absolute atomic E-state index is 0.300. The molecule has 2 heteroatoms. The molecule has 0 N–H and O–H groups in total. The molecule has 0 aliphatic rings. The van der Waals surface area contributed by atoms with Gasteiger partial charge in [0.25, 0.3) is 0 Å². The summed E-state index contributed by atoms with van der Waals surface area (Å²) in [6.45, 7) is 2.08. The van der Waals surface area contributed by atoms with E-state index >= 15 is 0 Å². The van der Waals surface area contributed by atoms with E-state index in [1.54, 1.807) is 0 Å². The van der Waals surface area contributed by atoms with Gasteiger partial charge in [-0.15, -0.1) is 0 Å². The molecule has 0 aliphatic carbocycles. The molecule has 46 valence electrons. The first-order valence-electron chi connectivity index (χ1n) is 2.61. The van der Waals surface area contributed by atoms with Crippen molar-refractivity contribution in [2.75, 3.05) is 0 Å². The van der Waals surface area contributed by atoms with E-state index in [1.165, 1.54) is 5.56 Å². The Morgan fingerprint density at radius 1 is 1.11 bits per heavy atom. The molecular weight excluding hydrogens is 191 g/mol. The Balaban J connectivity index is 0.000000291. The number of benzene rings is 1. The van der Waals surface area contributed by atoms with Crippen LogP contribution in [0.15, 0.2) is 30.3 Å². The normalized spacial score (nSPS) is 7.11. The van der Waals surface area contributed by atoms with E-state index < -0.39 is 0 Å². The number of aryl methyl sites for hydroxylation is 1. The maximum absolute atomic E-state index is 8.34. The fraction of sp³-hybridized carbons (Fsp3) is 0.143. The van der Waals surface area contributed by atoms with E-state index in [2.05, 4.69) is 19.1 Å². The summed E-state index contributed by atoms with van der Waals surface area (Å²) in [4.78, 5) is 0. The SMILES string of the molecule is Cc1ccccc1.[O]=[Zr]. The quantitative estimate of drug-likeness (QED) is 0.623. The molecule has 1 aromatic rings. The van der Waals surface area contributed by atoms with Crippen LogP contribution in [0, 0.1) is 6.92 Å². The van der Waals surface area contributed by atoms with Crippen molar-refractivity contribution in [2.24, 2.45) is 0 Å². The Hall–Kier alpha value is -0.0969. The van der Waals surface area contributed by atoms with Gasteiger partial charge in [-0.2, -0.15) is 0 Å². The molecule has 0 bridgehead atoms. The minimum atomic E-state index is 0.300. The molecule has 0 aliphatic heterocycles. The zero-order valence-electron chi connectivity index (χ0n) is 5.29. The summed E-state index contributed by atoms with van der Waals surface area (Å²) in [7, 11) is 0. The summed E-state index contributed by atoms with van der Waals surface area (Å²) in [5, 5.41) is 0. The van der Waals surface area contributed by atoms with Gasteiger partial charge in [-0.05, 0) is 6.92 Å². The Kier molecular flexibility index (Phi) is 5.96. The molecule has 0 amide bonds. The summed E-state index contributed by atoms with van der Waals surface area (Å²) < 4.78 is 8.34. The van der Waals surface area contributed by atoms with Crippen LogP contribution in [0.25, 0.3) is 0 Å². The Bertz CT molecular complexity index is 150. The van der Waals surface area contributed by atoms with Crippen molar-refractivity contribution in [3.8, 4) is 0 Å². The first-order valence-corrected chi connectivity index (χ1v) is 3.62. The van der Waals surface area contributed by atoms with Gasteiger partial charge in [-0.25, -0.2) is 0 Å². The average Bonchev–Trinajstić information content (AvgIpc) is 1.94. The topological polar surface area (TPSA) is 17.1 Å². The van der Waals surface area contributed by atoms with Crippen molar-refractivity contribution in [2.45, 2.75) is 6.92 Å². The van der Waals surface area contributed by atoms with E-state index in [0.29, 0.717) is 24.7 Å². The predicted molar refractivity (Wildman–Crippen MR) is 31.9 cm³/mol. The third kappa shape index (κ3) is 4.41. The standard InChI is InChI=1S/C7H8.O.Zr/c1-7-5-3-2-4-6-7;;/h2-6H,1H3;;. The molecule has 0 aromatic heterocycles. The van der Waals surface area contributed by atoms with Gasteiger partial charge in [0.2, 0.25) is 0 Å². The Morgan fingerprint density at radius 2 is 1.56 bits per heavy atom. The summed E-state index contributed by atoms with van der Waals surface area (Å²) >= 11 is 0.300. The Labute approximate surface area is 70.4 Å². The summed E-state index contributed by atoms with van der Waals surface area (Å²) in [6, 6.07) is 10.3. The van der Waals surface area contributed by atoms with Gasteiger partial charge in [0.05, 0.1) is 0 Å². The number of hydrogen-bond acceptors (Lipinski definition) is 1. The van der Waals surface area contributed by atoms with Crippen LogP contribution in [0.5, 0.6) is 0 Å². The van der Waals surface area contributed by atoms with Gasteiger partial charge in [0, 0.05) is 0 Å². The molecule has 1 aromatic carbocycles. The fourth-order valence-corrected chi connectivity index (χ4v) is 0.534. The third-order valence-corrected chi connectivity index (χ3v) is 0.940. The summed E-state index contributed by atoms with van der Waals surface area (Å²) in [6.07, 6.45) is 0. The predicted octanol–water partition coefficient (Wildman–Crippen LogP) is 1.87. The molecule has 0 spiro atoms. The molecule has 0 fully saturated rings. The Morgan fingerprint density at radius 3 is 1.78 bits per heavy atom. The molecule has 0 saturated heterocycles. The zero-order valence-corrected chi connectivity index (χ0v) is 7.75. The monoisotopic (exact) mass is 198 g/mol. The van der Waals surface area contributed by atoms with Crippen LogP contribution in [0.1, 0.15) is 5.56 Å². The van der Waals surface area contributed by atoms with Crippen LogP contribution in [0.2, 0.25) is 0 Å². The molecular formula is C7H8OZr. The van der Waals surface area contributed by atoms with Crippen LogP contribution in [0.3, 0.4) is 0 Å². The second-order valence-corrected chi connectivity index (χ2v) is 1.65. The van der Waals surface area contributed by atoms with E-state index in [0.717, 1.165) is 0 Å². The molecule has 0 atom stereocenters. The molecule has 0 radical (unpaired) electrons. The van der Waals surface area contributed by atoms with Gasteiger partial charge >= 0.3 is 27.5 Å². The van der Waals surface area contributed by atoms with E-state index in [-0.39, 0.29) is 0 Å². The van der Waals surface area contributed by atoms with Crippen molar-refractivity contribution in [1.29, 1.82) is 0 Å². The van der Waals surface area contributed by atoms with Crippen LogP contribution in [-0.2, 0) is 27.5 Å². The van der Waals surface area contributed by atoms with Gasteiger partial charge in [-0.3, -0.25) is 0 Å². The zero-order chi connectivity index (χ0) is 7.11. The molecule has 0 heterocycles.